The van der Waals surface area contributed by atoms with E-state index < -0.39 is 17.4 Å². The van der Waals surface area contributed by atoms with Gasteiger partial charge in [0, 0.05) is 11.1 Å². The third-order valence-corrected chi connectivity index (χ3v) is 3.40. The lowest BCUT2D eigenvalue weighted by Gasteiger charge is -2.23. The van der Waals surface area contributed by atoms with Crippen molar-refractivity contribution in [3.8, 4) is 0 Å². The van der Waals surface area contributed by atoms with E-state index in [0.717, 1.165) is 0 Å². The molecule has 1 heterocycles. The van der Waals surface area contributed by atoms with Gasteiger partial charge in [-0.3, -0.25) is 4.79 Å². The summed E-state index contributed by atoms with van der Waals surface area (Å²) in [7, 11) is 0. The average molecular weight is 316 g/mol. The van der Waals surface area contributed by atoms with Crippen molar-refractivity contribution in [1.29, 1.82) is 0 Å². The zero-order valence-electron chi connectivity index (χ0n) is 13.6. The molecule has 2 rings (SSSR count). The van der Waals surface area contributed by atoms with Gasteiger partial charge in [0.05, 0.1) is 5.69 Å². The highest BCUT2D eigenvalue weighted by atomic mass is 16.4. The fourth-order valence-corrected chi connectivity index (χ4v) is 2.29. The molecule has 1 aromatic carbocycles. The van der Waals surface area contributed by atoms with Gasteiger partial charge >= 0.3 is 5.97 Å². The van der Waals surface area contributed by atoms with Gasteiger partial charge in [-0.1, -0.05) is 44.2 Å². The van der Waals surface area contributed by atoms with E-state index in [-0.39, 0.29) is 11.6 Å². The third kappa shape index (κ3) is 3.56. The van der Waals surface area contributed by atoms with E-state index in [1.165, 1.54) is 4.68 Å². The second kappa shape index (κ2) is 6.20. The van der Waals surface area contributed by atoms with Gasteiger partial charge in [-0.2, -0.15) is 0 Å². The van der Waals surface area contributed by atoms with Crippen LogP contribution in [0, 0.1) is 0 Å². The number of carboxylic acid groups (broad SMARTS) is 1. The van der Waals surface area contributed by atoms with E-state index in [2.05, 4.69) is 15.6 Å². The number of carbonyl (C=O) groups is 2. The van der Waals surface area contributed by atoms with Gasteiger partial charge in [0.25, 0.3) is 0 Å². The number of carbonyl (C=O) groups excluding carboxylic acids is 1. The summed E-state index contributed by atoms with van der Waals surface area (Å²) in [5, 5.41) is 19.7. The van der Waals surface area contributed by atoms with E-state index in [9.17, 15) is 14.7 Å². The van der Waals surface area contributed by atoms with Crippen molar-refractivity contribution in [2.45, 2.75) is 39.2 Å². The van der Waals surface area contributed by atoms with Gasteiger partial charge < -0.3 is 10.4 Å². The van der Waals surface area contributed by atoms with Crippen LogP contribution in [-0.4, -0.2) is 32.0 Å². The summed E-state index contributed by atoms with van der Waals surface area (Å²) in [6.45, 7) is 7.23. The number of nitrogens with zero attached hydrogens (tertiary/aromatic N) is 3. The fourth-order valence-electron chi connectivity index (χ4n) is 2.29. The van der Waals surface area contributed by atoms with Crippen molar-refractivity contribution < 1.29 is 14.7 Å². The molecule has 0 saturated carbocycles. The first-order valence-corrected chi connectivity index (χ1v) is 7.26. The van der Waals surface area contributed by atoms with Crippen molar-refractivity contribution in [1.82, 2.24) is 15.0 Å². The molecule has 0 fully saturated rings. The Morgan fingerprint density at radius 3 is 2.35 bits per heavy atom. The molecule has 1 atom stereocenters. The van der Waals surface area contributed by atoms with Gasteiger partial charge in [-0.05, 0) is 19.1 Å². The summed E-state index contributed by atoms with van der Waals surface area (Å²) in [6, 6.07) is 8.36. The van der Waals surface area contributed by atoms with Gasteiger partial charge in [0.2, 0.25) is 5.91 Å². The average Bonchev–Trinajstić information content (AvgIpc) is 2.92. The lowest BCUT2D eigenvalue weighted by Crippen LogP contribution is -2.30. The summed E-state index contributed by atoms with van der Waals surface area (Å²) < 4.78 is 1.38. The molecule has 0 saturated heterocycles. The molecule has 7 nitrogen and oxygen atoms in total. The number of anilines is 1. The third-order valence-electron chi connectivity index (χ3n) is 3.40. The summed E-state index contributed by atoms with van der Waals surface area (Å²) in [4.78, 5) is 23.8. The van der Waals surface area contributed by atoms with Crippen LogP contribution in [0.1, 0.15) is 49.9 Å². The van der Waals surface area contributed by atoms with E-state index in [1.807, 2.05) is 39.0 Å². The molecule has 0 aliphatic carbocycles. The van der Waals surface area contributed by atoms with Crippen molar-refractivity contribution in [2.75, 3.05) is 5.32 Å². The maximum Gasteiger partial charge on any atom is 0.358 e. The molecule has 0 aliphatic rings. The smallest absolute Gasteiger partial charge is 0.358 e. The van der Waals surface area contributed by atoms with Crippen LogP contribution in [0.4, 0.5) is 5.69 Å². The second-order valence-electron chi connectivity index (χ2n) is 6.32. The number of nitrogens with one attached hydrogen (secondary N) is 1. The quantitative estimate of drug-likeness (QED) is 0.903. The van der Waals surface area contributed by atoms with Crippen molar-refractivity contribution >= 4 is 17.6 Å². The number of para-hydroxylation sites is 1. The number of aromatic carboxylic acids is 1. The van der Waals surface area contributed by atoms with Gasteiger partial charge in [0.15, 0.2) is 5.69 Å². The van der Waals surface area contributed by atoms with E-state index in [4.69, 9.17) is 0 Å². The molecule has 1 unspecified atom stereocenters. The van der Waals surface area contributed by atoms with Crippen LogP contribution in [0.5, 0.6) is 0 Å². The van der Waals surface area contributed by atoms with Crippen molar-refractivity contribution in [3.63, 3.8) is 0 Å². The largest absolute Gasteiger partial charge is 0.476 e. The highest BCUT2D eigenvalue weighted by Crippen LogP contribution is 2.27. The Morgan fingerprint density at radius 1 is 1.22 bits per heavy atom. The number of benzene rings is 1. The zero-order valence-corrected chi connectivity index (χ0v) is 13.6. The van der Waals surface area contributed by atoms with Gasteiger partial charge in [0.1, 0.15) is 6.04 Å². The number of amides is 1. The second-order valence-corrected chi connectivity index (χ2v) is 6.32. The van der Waals surface area contributed by atoms with Gasteiger partial charge in [-0.25, -0.2) is 9.48 Å². The Bertz CT molecular complexity index is 717. The van der Waals surface area contributed by atoms with Crippen molar-refractivity contribution in [3.05, 3.63) is 41.7 Å². The van der Waals surface area contributed by atoms with Crippen LogP contribution in [-0.2, 0) is 10.2 Å². The number of aromatic nitrogens is 3. The predicted molar refractivity (Wildman–Crippen MR) is 85.5 cm³/mol. The van der Waals surface area contributed by atoms with Crippen LogP contribution in [0.25, 0.3) is 0 Å². The normalized spacial score (nSPS) is 12.7. The Hall–Kier alpha value is -2.70. The van der Waals surface area contributed by atoms with Crippen LogP contribution >= 0.6 is 0 Å². The molecule has 2 aromatic rings. The molecule has 23 heavy (non-hydrogen) atoms. The zero-order chi connectivity index (χ0) is 17.2. The Morgan fingerprint density at radius 2 is 1.83 bits per heavy atom. The molecular weight excluding hydrogens is 296 g/mol. The minimum Gasteiger partial charge on any atom is -0.476 e. The topological polar surface area (TPSA) is 97.1 Å². The summed E-state index contributed by atoms with van der Waals surface area (Å²) in [6.07, 6.45) is 0. The Balaban J connectivity index is 2.34. The molecule has 0 spiro atoms. The molecule has 7 heteroatoms. The van der Waals surface area contributed by atoms with Crippen molar-refractivity contribution in [2.24, 2.45) is 0 Å². The molecule has 2 N–H and O–H groups in total. The standard InChI is InChI=1S/C16H20N4O3/c1-10(14(21)17-11-8-6-5-7-9-11)20-13(16(2,3)4)12(15(22)23)18-19-20/h5-10H,1-4H3,(H,17,21)(H,22,23). The van der Waals surface area contributed by atoms with Crippen LogP contribution in [0.2, 0.25) is 0 Å². The molecule has 1 amide bonds. The molecule has 0 bridgehead atoms. The van der Waals surface area contributed by atoms with E-state index in [0.29, 0.717) is 11.4 Å². The number of hydrogen-bond donors (Lipinski definition) is 2. The van der Waals surface area contributed by atoms with Gasteiger partial charge in [-0.15, -0.1) is 5.10 Å². The van der Waals surface area contributed by atoms with Crippen LogP contribution in [0.3, 0.4) is 0 Å². The minimum absolute atomic E-state index is 0.128. The number of rotatable bonds is 4. The fraction of sp³-hybridized carbons (Fsp3) is 0.375. The maximum absolute atomic E-state index is 12.4. The SMILES string of the molecule is CC(C(=O)Nc1ccccc1)n1nnc(C(=O)O)c1C(C)(C)C. The molecule has 0 radical (unpaired) electrons. The first-order chi connectivity index (χ1) is 10.7. The first kappa shape index (κ1) is 16.7. The van der Waals surface area contributed by atoms with Crippen LogP contribution < -0.4 is 5.32 Å². The van der Waals surface area contributed by atoms with E-state index >= 15 is 0 Å². The Kier molecular flexibility index (Phi) is 4.49. The lowest BCUT2D eigenvalue weighted by atomic mass is 9.90. The predicted octanol–water partition coefficient (Wildman–Crippen LogP) is 2.47. The highest BCUT2D eigenvalue weighted by Gasteiger charge is 2.32. The first-order valence-electron chi connectivity index (χ1n) is 7.26. The number of hydrogen-bond acceptors (Lipinski definition) is 4. The summed E-state index contributed by atoms with van der Waals surface area (Å²) in [5.74, 6) is -1.44. The molecule has 1 aromatic heterocycles. The minimum atomic E-state index is -1.16. The molecule has 0 aliphatic heterocycles. The lowest BCUT2D eigenvalue weighted by molar-refractivity contribution is -0.119. The molecular formula is C16H20N4O3. The highest BCUT2D eigenvalue weighted by molar-refractivity contribution is 5.93. The summed E-state index contributed by atoms with van der Waals surface area (Å²) in [5.41, 5.74) is 0.441. The summed E-state index contributed by atoms with van der Waals surface area (Å²) >= 11 is 0. The maximum atomic E-state index is 12.4. The monoisotopic (exact) mass is 316 g/mol. The molecule has 122 valence electrons. The van der Waals surface area contributed by atoms with Crippen LogP contribution in [0.15, 0.2) is 30.3 Å². The Labute approximate surface area is 134 Å². The van der Waals surface area contributed by atoms with E-state index in [1.54, 1.807) is 19.1 Å². The number of carboxylic acids is 1.